The summed E-state index contributed by atoms with van der Waals surface area (Å²) in [5.41, 5.74) is 4.03. The maximum absolute atomic E-state index is 12.3. The second kappa shape index (κ2) is 7.95. The van der Waals surface area contributed by atoms with E-state index in [1.54, 1.807) is 24.3 Å². The van der Waals surface area contributed by atoms with Crippen LogP contribution in [0.25, 0.3) is 0 Å². The summed E-state index contributed by atoms with van der Waals surface area (Å²) in [7, 11) is -3.43. The molecule has 3 nitrogen and oxygen atoms in total. The maximum Gasteiger partial charge on any atom is 0.216 e. The van der Waals surface area contributed by atoms with Gasteiger partial charge in [-0.1, -0.05) is 61.8 Å². The van der Waals surface area contributed by atoms with Crippen molar-refractivity contribution in [3.63, 3.8) is 0 Å². The van der Waals surface area contributed by atoms with Crippen LogP contribution in [-0.2, 0) is 35.2 Å². The average molecular weight is 352 g/mol. The van der Waals surface area contributed by atoms with Gasteiger partial charge in [0.25, 0.3) is 0 Å². The van der Waals surface area contributed by atoms with E-state index in [1.807, 2.05) is 0 Å². The van der Waals surface area contributed by atoms with E-state index in [4.69, 9.17) is 11.6 Å². The Morgan fingerprint density at radius 1 is 0.957 bits per heavy atom. The lowest BCUT2D eigenvalue weighted by Gasteiger charge is -2.12. The Morgan fingerprint density at radius 2 is 1.70 bits per heavy atom. The molecule has 2 aromatic carbocycles. The van der Waals surface area contributed by atoms with Gasteiger partial charge in [0.15, 0.2) is 0 Å². The third kappa shape index (κ3) is 5.06. The molecule has 0 spiro atoms. The molecule has 0 aromatic heterocycles. The van der Waals surface area contributed by atoms with E-state index in [9.17, 15) is 8.42 Å². The molecule has 23 heavy (non-hydrogen) atoms. The molecule has 0 aliphatic heterocycles. The number of benzene rings is 2. The molecule has 0 aliphatic rings. The Hall–Kier alpha value is -1.36. The smallest absolute Gasteiger partial charge is 0.212 e. The van der Waals surface area contributed by atoms with Crippen molar-refractivity contribution in [2.75, 3.05) is 0 Å². The van der Waals surface area contributed by atoms with E-state index in [0.29, 0.717) is 17.1 Å². The van der Waals surface area contributed by atoms with E-state index >= 15 is 0 Å². The topological polar surface area (TPSA) is 46.2 Å². The first-order valence-corrected chi connectivity index (χ1v) is 9.79. The first kappa shape index (κ1) is 18.0. The van der Waals surface area contributed by atoms with Gasteiger partial charge in [-0.3, -0.25) is 0 Å². The zero-order chi connectivity index (χ0) is 16.9. The van der Waals surface area contributed by atoms with Crippen LogP contribution in [0.2, 0.25) is 5.02 Å². The number of sulfonamides is 1. The monoisotopic (exact) mass is 351 g/mol. The van der Waals surface area contributed by atoms with Gasteiger partial charge in [-0.05, 0) is 41.2 Å². The van der Waals surface area contributed by atoms with Crippen LogP contribution in [0.1, 0.15) is 36.1 Å². The van der Waals surface area contributed by atoms with Crippen molar-refractivity contribution in [3.8, 4) is 0 Å². The fraction of sp³-hybridized carbons (Fsp3) is 0.333. The number of hydrogen-bond acceptors (Lipinski definition) is 2. The van der Waals surface area contributed by atoms with Gasteiger partial charge < -0.3 is 0 Å². The van der Waals surface area contributed by atoms with Crippen LogP contribution in [0.3, 0.4) is 0 Å². The van der Waals surface area contributed by atoms with E-state index in [-0.39, 0.29) is 5.75 Å². The molecule has 5 heteroatoms. The van der Waals surface area contributed by atoms with Crippen molar-refractivity contribution < 1.29 is 8.42 Å². The standard InChI is InChI=1S/C18H22ClNO2S/c1-3-14-9-10-15(4-2)17(11-14)12-20-23(21,22)13-16-7-5-6-8-18(16)19/h5-11,20H,3-4,12-13H2,1-2H3. The molecule has 0 saturated heterocycles. The lowest BCUT2D eigenvalue weighted by Crippen LogP contribution is -2.25. The van der Waals surface area contributed by atoms with E-state index in [0.717, 1.165) is 18.4 Å². The van der Waals surface area contributed by atoms with Gasteiger partial charge in [0, 0.05) is 11.6 Å². The molecule has 0 atom stereocenters. The van der Waals surface area contributed by atoms with E-state index in [2.05, 4.69) is 36.8 Å². The van der Waals surface area contributed by atoms with Gasteiger partial charge in [0.05, 0.1) is 5.75 Å². The first-order valence-electron chi connectivity index (χ1n) is 7.76. The zero-order valence-corrected chi connectivity index (χ0v) is 15.0. The summed E-state index contributed by atoms with van der Waals surface area (Å²) in [5, 5.41) is 0.472. The molecule has 1 N–H and O–H groups in total. The number of hydrogen-bond donors (Lipinski definition) is 1. The first-order chi connectivity index (χ1) is 10.9. The summed E-state index contributed by atoms with van der Waals surface area (Å²) in [6, 6.07) is 13.3. The number of rotatable bonds is 7. The summed E-state index contributed by atoms with van der Waals surface area (Å²) < 4.78 is 27.3. The van der Waals surface area contributed by atoms with Gasteiger partial charge in [-0.15, -0.1) is 0 Å². The minimum Gasteiger partial charge on any atom is -0.212 e. The van der Waals surface area contributed by atoms with Crippen LogP contribution >= 0.6 is 11.6 Å². The molecule has 124 valence electrons. The summed E-state index contributed by atoms with van der Waals surface area (Å²) in [4.78, 5) is 0. The van der Waals surface area contributed by atoms with Crippen molar-refractivity contribution in [3.05, 3.63) is 69.7 Å². The average Bonchev–Trinajstić information content (AvgIpc) is 2.54. The van der Waals surface area contributed by atoms with Crippen LogP contribution in [0.5, 0.6) is 0 Å². The molecule has 0 saturated carbocycles. The highest BCUT2D eigenvalue weighted by Gasteiger charge is 2.14. The van der Waals surface area contributed by atoms with Crippen molar-refractivity contribution in [1.29, 1.82) is 0 Å². The van der Waals surface area contributed by atoms with Gasteiger partial charge in [-0.2, -0.15) is 0 Å². The van der Waals surface area contributed by atoms with Crippen LogP contribution in [0, 0.1) is 0 Å². The predicted molar refractivity (Wildman–Crippen MR) is 96.1 cm³/mol. The highest BCUT2D eigenvalue weighted by molar-refractivity contribution is 7.88. The Kier molecular flexibility index (Phi) is 6.22. The fourth-order valence-corrected chi connectivity index (χ4v) is 3.89. The van der Waals surface area contributed by atoms with Crippen LogP contribution in [-0.4, -0.2) is 8.42 Å². The van der Waals surface area contributed by atoms with Crippen molar-refractivity contribution in [2.45, 2.75) is 39.0 Å². The van der Waals surface area contributed by atoms with Crippen LogP contribution < -0.4 is 4.72 Å². The summed E-state index contributed by atoms with van der Waals surface area (Å²) in [6.45, 7) is 4.47. The lowest BCUT2D eigenvalue weighted by atomic mass is 10.0. The molecule has 0 radical (unpaired) electrons. The fourth-order valence-electron chi connectivity index (χ4n) is 2.47. The Morgan fingerprint density at radius 3 is 2.35 bits per heavy atom. The third-order valence-electron chi connectivity index (χ3n) is 3.85. The number of aryl methyl sites for hydroxylation is 2. The Bertz CT molecular complexity index is 772. The molecular formula is C18H22ClNO2S. The molecule has 0 aliphatic carbocycles. The SMILES string of the molecule is CCc1ccc(CC)c(CNS(=O)(=O)Cc2ccccc2Cl)c1. The molecule has 0 amide bonds. The zero-order valence-electron chi connectivity index (χ0n) is 13.5. The summed E-state index contributed by atoms with van der Waals surface area (Å²) in [5.74, 6) is -0.110. The minimum atomic E-state index is -3.43. The molecule has 2 rings (SSSR count). The number of nitrogens with one attached hydrogen (secondary N) is 1. The maximum atomic E-state index is 12.3. The third-order valence-corrected chi connectivity index (χ3v) is 5.49. The van der Waals surface area contributed by atoms with Gasteiger partial charge in [0.2, 0.25) is 10.0 Å². The quantitative estimate of drug-likeness (QED) is 0.816. The molecule has 0 unspecified atom stereocenters. The summed E-state index contributed by atoms with van der Waals surface area (Å²) >= 11 is 6.04. The molecule has 0 heterocycles. The van der Waals surface area contributed by atoms with E-state index in [1.165, 1.54) is 11.1 Å². The van der Waals surface area contributed by atoms with E-state index < -0.39 is 10.0 Å². The second-order valence-corrected chi connectivity index (χ2v) is 7.70. The number of halogens is 1. The lowest BCUT2D eigenvalue weighted by molar-refractivity contribution is 0.580. The van der Waals surface area contributed by atoms with Crippen molar-refractivity contribution in [2.24, 2.45) is 0 Å². The van der Waals surface area contributed by atoms with Crippen molar-refractivity contribution in [1.82, 2.24) is 4.72 Å². The van der Waals surface area contributed by atoms with Crippen LogP contribution in [0.4, 0.5) is 0 Å². The van der Waals surface area contributed by atoms with Crippen LogP contribution in [0.15, 0.2) is 42.5 Å². The summed E-state index contributed by atoms with van der Waals surface area (Å²) in [6.07, 6.45) is 1.81. The second-order valence-electron chi connectivity index (χ2n) is 5.48. The normalized spacial score (nSPS) is 11.6. The highest BCUT2D eigenvalue weighted by Crippen LogP contribution is 2.18. The largest absolute Gasteiger partial charge is 0.216 e. The van der Waals surface area contributed by atoms with Gasteiger partial charge in [0.1, 0.15) is 0 Å². The molecule has 0 fully saturated rings. The van der Waals surface area contributed by atoms with Gasteiger partial charge in [-0.25, -0.2) is 13.1 Å². The Labute approximate surface area is 143 Å². The molecule has 0 bridgehead atoms. The highest BCUT2D eigenvalue weighted by atomic mass is 35.5. The predicted octanol–water partition coefficient (Wildman–Crippen LogP) is 4.08. The Balaban J connectivity index is 2.12. The molecular weight excluding hydrogens is 330 g/mol. The van der Waals surface area contributed by atoms with Gasteiger partial charge >= 0.3 is 0 Å². The molecule has 2 aromatic rings. The minimum absolute atomic E-state index is 0.110. The van der Waals surface area contributed by atoms with Crippen molar-refractivity contribution >= 4 is 21.6 Å².